The normalized spacial score (nSPS) is 18.0. The molecule has 0 aliphatic carbocycles. The van der Waals surface area contributed by atoms with E-state index in [4.69, 9.17) is 10.5 Å². The molecule has 1 saturated heterocycles. The number of rotatable bonds is 5. The number of anilines is 3. The first-order chi connectivity index (χ1) is 9.11. The molecule has 19 heavy (non-hydrogen) atoms. The van der Waals surface area contributed by atoms with E-state index in [1.54, 1.807) is 0 Å². The summed E-state index contributed by atoms with van der Waals surface area (Å²) in [6.45, 7) is 7.66. The zero-order chi connectivity index (χ0) is 13.7. The molecule has 0 spiro atoms. The highest BCUT2D eigenvalue weighted by molar-refractivity contribution is 5.51. The van der Waals surface area contributed by atoms with Gasteiger partial charge in [-0.1, -0.05) is 6.92 Å². The van der Waals surface area contributed by atoms with Gasteiger partial charge in [0.2, 0.25) is 5.95 Å². The van der Waals surface area contributed by atoms with Crippen molar-refractivity contribution in [1.82, 2.24) is 9.97 Å². The van der Waals surface area contributed by atoms with Crippen LogP contribution in [0.1, 0.15) is 26.7 Å². The second kappa shape index (κ2) is 6.06. The third kappa shape index (κ3) is 3.96. The van der Waals surface area contributed by atoms with E-state index in [1.807, 2.05) is 13.0 Å². The van der Waals surface area contributed by atoms with Gasteiger partial charge < -0.3 is 21.1 Å². The summed E-state index contributed by atoms with van der Waals surface area (Å²) in [7, 11) is 0. The average Bonchev–Trinajstić information content (AvgIpc) is 2.37. The van der Waals surface area contributed by atoms with E-state index < -0.39 is 0 Å². The molecule has 0 radical (unpaired) electrons. The molecule has 6 heteroatoms. The second-order valence-corrected chi connectivity index (χ2v) is 5.30. The molecular weight excluding hydrogens is 242 g/mol. The molecule has 0 saturated carbocycles. The topological polar surface area (TPSA) is 85.1 Å². The van der Waals surface area contributed by atoms with E-state index in [0.29, 0.717) is 0 Å². The van der Waals surface area contributed by atoms with E-state index in [-0.39, 0.29) is 11.4 Å². The summed E-state index contributed by atoms with van der Waals surface area (Å²) in [5.74, 6) is 1.82. The van der Waals surface area contributed by atoms with Gasteiger partial charge in [0.05, 0.1) is 0 Å². The summed E-state index contributed by atoms with van der Waals surface area (Å²) in [6, 6.07) is 1.89. The molecule has 106 valence electrons. The first-order valence-electron chi connectivity index (χ1n) is 6.81. The van der Waals surface area contributed by atoms with Crippen molar-refractivity contribution in [3.63, 3.8) is 0 Å². The minimum Gasteiger partial charge on any atom is -0.381 e. The van der Waals surface area contributed by atoms with Crippen LogP contribution in [0.25, 0.3) is 0 Å². The molecule has 0 amide bonds. The fourth-order valence-electron chi connectivity index (χ4n) is 2.17. The maximum absolute atomic E-state index is 5.71. The molecule has 1 fully saturated rings. The third-order valence-electron chi connectivity index (χ3n) is 3.50. The molecule has 0 unspecified atom stereocenters. The molecule has 4 N–H and O–H groups in total. The molecule has 2 heterocycles. The summed E-state index contributed by atoms with van der Waals surface area (Å²) in [6.07, 6.45) is 2.14. The molecule has 0 aromatic carbocycles. The van der Waals surface area contributed by atoms with Crippen LogP contribution in [0.15, 0.2) is 6.07 Å². The van der Waals surface area contributed by atoms with Crippen LogP contribution in [0.5, 0.6) is 0 Å². The average molecular weight is 265 g/mol. The summed E-state index contributed by atoms with van der Waals surface area (Å²) in [5.41, 5.74) is 5.97. The van der Waals surface area contributed by atoms with Gasteiger partial charge in [-0.25, -0.2) is 0 Å². The molecule has 1 aromatic rings. The molecule has 1 aliphatic heterocycles. The largest absolute Gasteiger partial charge is 0.381 e. The highest BCUT2D eigenvalue weighted by atomic mass is 16.5. The number of nitrogens with one attached hydrogen (secondary N) is 2. The zero-order valence-electron chi connectivity index (χ0n) is 11.7. The van der Waals surface area contributed by atoms with Crippen molar-refractivity contribution >= 4 is 17.6 Å². The van der Waals surface area contributed by atoms with Crippen LogP contribution in [0, 0.1) is 5.41 Å². The minimum absolute atomic E-state index is 0.260. The summed E-state index contributed by atoms with van der Waals surface area (Å²) < 4.78 is 5.40. The Balaban J connectivity index is 1.98. The van der Waals surface area contributed by atoms with Gasteiger partial charge in [-0.3, -0.25) is 0 Å². The zero-order valence-corrected chi connectivity index (χ0v) is 11.7. The predicted molar refractivity (Wildman–Crippen MR) is 77.3 cm³/mol. The molecule has 2 rings (SSSR count). The molecular formula is C13H23N5O. The van der Waals surface area contributed by atoms with Gasteiger partial charge in [0.15, 0.2) is 0 Å². The minimum atomic E-state index is 0.260. The maximum Gasteiger partial charge on any atom is 0.223 e. The van der Waals surface area contributed by atoms with Crippen LogP contribution >= 0.6 is 0 Å². The van der Waals surface area contributed by atoms with E-state index in [0.717, 1.165) is 50.8 Å². The monoisotopic (exact) mass is 265 g/mol. The van der Waals surface area contributed by atoms with Crippen LogP contribution in [-0.4, -0.2) is 36.3 Å². The predicted octanol–water partition coefficient (Wildman–Crippen LogP) is 1.72. The van der Waals surface area contributed by atoms with Gasteiger partial charge in [0.1, 0.15) is 11.6 Å². The molecule has 0 bridgehead atoms. The van der Waals surface area contributed by atoms with Gasteiger partial charge in [-0.2, -0.15) is 9.97 Å². The van der Waals surface area contributed by atoms with Crippen LogP contribution in [0.4, 0.5) is 17.6 Å². The van der Waals surface area contributed by atoms with Gasteiger partial charge in [0.25, 0.3) is 0 Å². The summed E-state index contributed by atoms with van der Waals surface area (Å²) in [5, 5.41) is 6.51. The number of nitrogens with two attached hydrogens (primary N) is 1. The smallest absolute Gasteiger partial charge is 0.223 e. The van der Waals surface area contributed by atoms with E-state index in [1.165, 1.54) is 0 Å². The first kappa shape index (κ1) is 13.9. The van der Waals surface area contributed by atoms with Crippen molar-refractivity contribution < 1.29 is 4.74 Å². The van der Waals surface area contributed by atoms with Gasteiger partial charge in [-0.05, 0) is 25.2 Å². The molecule has 1 aliphatic rings. The Labute approximate surface area is 114 Å². The Hall–Kier alpha value is -1.56. The SMILES string of the molecule is CCNc1cc(NCC2(C)CCOCC2)nc(N)n1. The van der Waals surface area contributed by atoms with Gasteiger partial charge in [-0.15, -0.1) is 0 Å². The maximum atomic E-state index is 5.71. The summed E-state index contributed by atoms with van der Waals surface area (Å²) in [4.78, 5) is 8.35. The lowest BCUT2D eigenvalue weighted by Gasteiger charge is -2.33. The van der Waals surface area contributed by atoms with Crippen LogP contribution in [0.2, 0.25) is 0 Å². The third-order valence-corrected chi connectivity index (χ3v) is 3.50. The van der Waals surface area contributed by atoms with Crippen molar-refractivity contribution in [3.05, 3.63) is 6.07 Å². The lowest BCUT2D eigenvalue weighted by molar-refractivity contribution is 0.0300. The quantitative estimate of drug-likeness (QED) is 0.751. The van der Waals surface area contributed by atoms with Crippen molar-refractivity contribution in [2.24, 2.45) is 5.41 Å². The standard InChI is InChI=1S/C13H23N5O/c1-3-15-10-8-11(18-12(14)17-10)16-9-13(2)4-6-19-7-5-13/h8H,3-7,9H2,1-2H3,(H4,14,15,16,17,18). The van der Waals surface area contributed by atoms with Gasteiger partial charge in [0, 0.05) is 32.4 Å². The van der Waals surface area contributed by atoms with Crippen LogP contribution < -0.4 is 16.4 Å². The Morgan fingerprint density at radius 3 is 2.53 bits per heavy atom. The fraction of sp³-hybridized carbons (Fsp3) is 0.692. The summed E-state index contributed by atoms with van der Waals surface area (Å²) >= 11 is 0. The number of nitrogens with zero attached hydrogens (tertiary/aromatic N) is 2. The van der Waals surface area contributed by atoms with Crippen molar-refractivity contribution in [1.29, 1.82) is 0 Å². The number of nitrogen functional groups attached to an aromatic ring is 1. The number of hydrogen-bond donors (Lipinski definition) is 3. The Morgan fingerprint density at radius 1 is 1.26 bits per heavy atom. The lowest BCUT2D eigenvalue weighted by atomic mass is 9.82. The Kier molecular flexibility index (Phi) is 4.42. The van der Waals surface area contributed by atoms with E-state index >= 15 is 0 Å². The second-order valence-electron chi connectivity index (χ2n) is 5.30. The number of aromatic nitrogens is 2. The fourth-order valence-corrected chi connectivity index (χ4v) is 2.17. The molecule has 6 nitrogen and oxygen atoms in total. The highest BCUT2D eigenvalue weighted by Crippen LogP contribution is 2.29. The van der Waals surface area contributed by atoms with E-state index in [2.05, 4.69) is 27.5 Å². The first-order valence-corrected chi connectivity index (χ1v) is 6.81. The van der Waals surface area contributed by atoms with Crippen LogP contribution in [0.3, 0.4) is 0 Å². The Morgan fingerprint density at radius 2 is 1.89 bits per heavy atom. The molecule has 1 aromatic heterocycles. The van der Waals surface area contributed by atoms with Gasteiger partial charge >= 0.3 is 0 Å². The lowest BCUT2D eigenvalue weighted by Crippen LogP contribution is -2.33. The van der Waals surface area contributed by atoms with Crippen molar-refractivity contribution in [2.75, 3.05) is 42.7 Å². The Bertz CT molecular complexity index is 417. The number of ether oxygens (including phenoxy) is 1. The number of hydrogen-bond acceptors (Lipinski definition) is 6. The van der Waals surface area contributed by atoms with Crippen molar-refractivity contribution in [2.45, 2.75) is 26.7 Å². The molecule has 0 atom stereocenters. The van der Waals surface area contributed by atoms with Crippen molar-refractivity contribution in [3.8, 4) is 0 Å². The van der Waals surface area contributed by atoms with Crippen LogP contribution in [-0.2, 0) is 4.74 Å². The van der Waals surface area contributed by atoms with E-state index in [9.17, 15) is 0 Å². The highest BCUT2D eigenvalue weighted by Gasteiger charge is 2.27.